The zero-order chi connectivity index (χ0) is 43.7. The Bertz CT molecular complexity index is 1020. The van der Waals surface area contributed by atoms with Crippen LogP contribution in [0.5, 0.6) is 0 Å². The Balaban J connectivity index is 4.40. The van der Waals surface area contributed by atoms with Crippen LogP contribution < -0.4 is 0 Å². The molecular weight excluding hydrogens is 745 g/mol. The van der Waals surface area contributed by atoms with Crippen LogP contribution in [0.15, 0.2) is 36.5 Å². The van der Waals surface area contributed by atoms with Gasteiger partial charge in [0, 0.05) is 19.3 Å². The standard InChI is InChI=1S/C54H98O6/c1-4-7-10-13-16-19-22-25-27-29-32-35-38-41-44-47-53(56)59-50-51(49-58-52(55)46-43-40-37-34-31-24-21-18-15-12-9-6-3)60-54(57)48-45-42-39-36-33-30-28-26-23-20-17-14-11-8-5-2/h16,19,25,27,32,35,51H,4-15,17-18,20-24,26,28-31,33-34,36-50H2,1-3H3/b19-16-,27-25-,35-32-/t51-/m1/s1. The Morgan fingerprint density at radius 2 is 0.600 bits per heavy atom. The lowest BCUT2D eigenvalue weighted by Gasteiger charge is -2.18. The second kappa shape index (κ2) is 49.3. The van der Waals surface area contributed by atoms with Gasteiger partial charge in [0.25, 0.3) is 0 Å². The molecule has 1 atom stereocenters. The second-order valence-corrected chi connectivity index (χ2v) is 17.4. The average Bonchev–Trinajstić information content (AvgIpc) is 3.24. The molecular formula is C54H98O6. The monoisotopic (exact) mass is 843 g/mol. The third-order valence-electron chi connectivity index (χ3n) is 11.4. The number of rotatable bonds is 47. The van der Waals surface area contributed by atoms with Gasteiger partial charge in [-0.05, 0) is 57.8 Å². The van der Waals surface area contributed by atoms with Crippen LogP contribution in [0.2, 0.25) is 0 Å². The molecule has 350 valence electrons. The van der Waals surface area contributed by atoms with E-state index in [9.17, 15) is 14.4 Å². The van der Waals surface area contributed by atoms with E-state index in [-0.39, 0.29) is 31.1 Å². The van der Waals surface area contributed by atoms with Gasteiger partial charge >= 0.3 is 17.9 Å². The van der Waals surface area contributed by atoms with Crippen molar-refractivity contribution in [1.82, 2.24) is 0 Å². The fourth-order valence-electron chi connectivity index (χ4n) is 7.45. The molecule has 6 heteroatoms. The van der Waals surface area contributed by atoms with Gasteiger partial charge in [-0.25, -0.2) is 0 Å². The Labute approximate surface area is 372 Å². The predicted octanol–water partition coefficient (Wildman–Crippen LogP) is 16.9. The third kappa shape index (κ3) is 46.7. The van der Waals surface area contributed by atoms with Gasteiger partial charge in [-0.2, -0.15) is 0 Å². The first-order chi connectivity index (χ1) is 29.5. The molecule has 0 spiro atoms. The molecule has 0 heterocycles. The number of allylic oxidation sites excluding steroid dienone is 6. The van der Waals surface area contributed by atoms with Crippen LogP contribution in [0.3, 0.4) is 0 Å². The fraction of sp³-hybridized carbons (Fsp3) is 0.833. The molecule has 0 fully saturated rings. The smallest absolute Gasteiger partial charge is 0.306 e. The first-order valence-electron chi connectivity index (χ1n) is 26.0. The van der Waals surface area contributed by atoms with Crippen LogP contribution in [0, 0.1) is 0 Å². The van der Waals surface area contributed by atoms with Crippen molar-refractivity contribution >= 4 is 17.9 Å². The Morgan fingerprint density at radius 3 is 0.967 bits per heavy atom. The molecule has 0 rings (SSSR count). The van der Waals surface area contributed by atoms with E-state index in [2.05, 4.69) is 57.2 Å². The Kier molecular flexibility index (Phi) is 47.3. The summed E-state index contributed by atoms with van der Waals surface area (Å²) in [5, 5.41) is 0. The highest BCUT2D eigenvalue weighted by Crippen LogP contribution is 2.16. The minimum absolute atomic E-state index is 0.0799. The topological polar surface area (TPSA) is 78.9 Å². The van der Waals surface area contributed by atoms with E-state index in [0.29, 0.717) is 19.3 Å². The SMILES string of the molecule is CCCCC/C=C\C/C=C\C/C=C\CCCCC(=O)OC[C@@H](COC(=O)CCCCCCCCCCCCCC)OC(=O)CCCCCCCCCCCCCCCCC. The fourth-order valence-corrected chi connectivity index (χ4v) is 7.45. The molecule has 0 aromatic rings. The summed E-state index contributed by atoms with van der Waals surface area (Å²) >= 11 is 0. The van der Waals surface area contributed by atoms with Gasteiger partial charge in [-0.3, -0.25) is 14.4 Å². The van der Waals surface area contributed by atoms with Crippen molar-refractivity contribution in [2.24, 2.45) is 0 Å². The van der Waals surface area contributed by atoms with Crippen LogP contribution in [0.25, 0.3) is 0 Å². The molecule has 0 saturated carbocycles. The molecule has 0 amide bonds. The maximum Gasteiger partial charge on any atom is 0.306 e. The van der Waals surface area contributed by atoms with Gasteiger partial charge in [-0.1, -0.05) is 231 Å². The first-order valence-corrected chi connectivity index (χ1v) is 26.0. The molecule has 60 heavy (non-hydrogen) atoms. The van der Waals surface area contributed by atoms with Crippen molar-refractivity contribution < 1.29 is 28.6 Å². The lowest BCUT2D eigenvalue weighted by molar-refractivity contribution is -0.167. The number of carbonyl (C=O) groups is 3. The first kappa shape index (κ1) is 57.6. The average molecular weight is 843 g/mol. The van der Waals surface area contributed by atoms with Crippen molar-refractivity contribution in [2.75, 3.05) is 13.2 Å². The van der Waals surface area contributed by atoms with Gasteiger partial charge in [0.2, 0.25) is 0 Å². The second-order valence-electron chi connectivity index (χ2n) is 17.4. The summed E-state index contributed by atoms with van der Waals surface area (Å²) in [6.45, 7) is 6.60. The van der Waals surface area contributed by atoms with E-state index in [4.69, 9.17) is 14.2 Å². The van der Waals surface area contributed by atoms with Crippen LogP contribution in [0.1, 0.15) is 271 Å². The van der Waals surface area contributed by atoms with Crippen molar-refractivity contribution in [3.05, 3.63) is 36.5 Å². The van der Waals surface area contributed by atoms with Gasteiger partial charge in [-0.15, -0.1) is 0 Å². The highest BCUT2D eigenvalue weighted by molar-refractivity contribution is 5.71. The summed E-state index contributed by atoms with van der Waals surface area (Å²) in [6, 6.07) is 0. The maximum atomic E-state index is 12.8. The zero-order valence-corrected chi connectivity index (χ0v) is 40.0. The van der Waals surface area contributed by atoms with E-state index < -0.39 is 6.10 Å². The lowest BCUT2D eigenvalue weighted by Crippen LogP contribution is -2.30. The summed E-state index contributed by atoms with van der Waals surface area (Å²) in [6.07, 6.45) is 57.0. The van der Waals surface area contributed by atoms with Crippen molar-refractivity contribution in [2.45, 2.75) is 277 Å². The zero-order valence-electron chi connectivity index (χ0n) is 40.0. The number of hydrogen-bond donors (Lipinski definition) is 0. The largest absolute Gasteiger partial charge is 0.462 e. The molecule has 0 aliphatic heterocycles. The molecule has 0 unspecified atom stereocenters. The van der Waals surface area contributed by atoms with Gasteiger partial charge < -0.3 is 14.2 Å². The van der Waals surface area contributed by atoms with E-state index in [1.54, 1.807) is 0 Å². The Hall–Kier alpha value is -2.37. The quantitative estimate of drug-likeness (QED) is 0.0263. The number of hydrogen-bond acceptors (Lipinski definition) is 6. The molecule has 0 aliphatic rings. The van der Waals surface area contributed by atoms with Crippen molar-refractivity contribution in [3.63, 3.8) is 0 Å². The van der Waals surface area contributed by atoms with Crippen LogP contribution in [-0.4, -0.2) is 37.2 Å². The van der Waals surface area contributed by atoms with E-state index in [0.717, 1.165) is 70.6 Å². The van der Waals surface area contributed by atoms with Gasteiger partial charge in [0.15, 0.2) is 6.10 Å². The van der Waals surface area contributed by atoms with Crippen LogP contribution >= 0.6 is 0 Å². The highest BCUT2D eigenvalue weighted by atomic mass is 16.6. The van der Waals surface area contributed by atoms with Crippen LogP contribution in [-0.2, 0) is 28.6 Å². The molecule has 0 N–H and O–H groups in total. The molecule has 0 aromatic carbocycles. The molecule has 6 nitrogen and oxygen atoms in total. The van der Waals surface area contributed by atoms with E-state index in [1.807, 2.05) is 0 Å². The molecule has 0 aromatic heterocycles. The van der Waals surface area contributed by atoms with E-state index >= 15 is 0 Å². The number of carbonyl (C=O) groups excluding carboxylic acids is 3. The lowest BCUT2D eigenvalue weighted by atomic mass is 10.0. The summed E-state index contributed by atoms with van der Waals surface area (Å²) in [7, 11) is 0. The highest BCUT2D eigenvalue weighted by Gasteiger charge is 2.19. The Morgan fingerprint density at radius 1 is 0.333 bits per heavy atom. The molecule has 0 bridgehead atoms. The molecule has 0 aliphatic carbocycles. The number of unbranched alkanes of at least 4 members (excludes halogenated alkanes) is 30. The third-order valence-corrected chi connectivity index (χ3v) is 11.4. The molecule has 0 saturated heterocycles. The maximum absolute atomic E-state index is 12.8. The summed E-state index contributed by atoms with van der Waals surface area (Å²) in [4.78, 5) is 37.9. The normalized spacial score (nSPS) is 12.2. The van der Waals surface area contributed by atoms with Crippen molar-refractivity contribution in [3.8, 4) is 0 Å². The summed E-state index contributed by atoms with van der Waals surface area (Å²) in [5.74, 6) is -0.908. The van der Waals surface area contributed by atoms with Crippen LogP contribution in [0.4, 0.5) is 0 Å². The minimum atomic E-state index is -0.781. The summed E-state index contributed by atoms with van der Waals surface area (Å²) < 4.78 is 16.8. The van der Waals surface area contributed by atoms with Gasteiger partial charge in [0.1, 0.15) is 13.2 Å². The van der Waals surface area contributed by atoms with Gasteiger partial charge in [0.05, 0.1) is 0 Å². The van der Waals surface area contributed by atoms with E-state index in [1.165, 1.54) is 161 Å². The minimum Gasteiger partial charge on any atom is -0.462 e. The van der Waals surface area contributed by atoms with Crippen molar-refractivity contribution in [1.29, 1.82) is 0 Å². The predicted molar refractivity (Wildman–Crippen MR) is 256 cm³/mol. The summed E-state index contributed by atoms with van der Waals surface area (Å²) in [5.41, 5.74) is 0. The molecule has 0 radical (unpaired) electrons. The number of esters is 3. The number of ether oxygens (including phenoxy) is 3.